The number of likely N-dealkylation sites (tertiary alicyclic amines) is 2. The summed E-state index contributed by atoms with van der Waals surface area (Å²) in [5, 5.41) is 31.4. The highest BCUT2D eigenvalue weighted by Gasteiger charge is 2.40. The molecule has 0 radical (unpaired) electrons. The second-order valence-corrected chi connectivity index (χ2v) is 35.7. The summed E-state index contributed by atoms with van der Waals surface area (Å²) in [5.74, 6) is -12.3. The van der Waals surface area contributed by atoms with E-state index in [1.807, 2.05) is 0 Å². The van der Waals surface area contributed by atoms with Gasteiger partial charge in [0.15, 0.2) is 0 Å². The van der Waals surface area contributed by atoms with Gasteiger partial charge in [0, 0.05) is 71.0 Å². The van der Waals surface area contributed by atoms with Crippen molar-refractivity contribution in [1.29, 1.82) is 0 Å². The SMILES string of the molecule is CCCCCCCCCCCCCC(=O)N1CCCC1C(=O)NC(CCC(C)=O)C(=O)NC(CCC(C)=O)C(=O)NC(CCC(C)=O)C(=O)NCCCCC(NC(=O)C(CCC(=O)OC(C)(C)C)NC(=O)C(CCC(=O)OC(C)(C)C)NC(=O)C(CCC(=O)OC(C)(C)C)NC(=O)C1CCCN1C(=O)CCCCCCCCCCCCC)C(=O)O. The average molecular weight is 1700 g/mol. The number of ether oxygens (including phenoxy) is 3. The Kier molecular flexibility index (Phi) is 52.5. The van der Waals surface area contributed by atoms with Crippen molar-refractivity contribution in [2.24, 2.45) is 0 Å². The van der Waals surface area contributed by atoms with E-state index in [1.54, 1.807) is 62.3 Å². The number of carboxylic acid groups (broad SMARTS) is 1. The summed E-state index contributed by atoms with van der Waals surface area (Å²) in [4.78, 5) is 235. The number of aliphatic carboxylic acids is 1. The van der Waals surface area contributed by atoms with Crippen molar-refractivity contribution in [2.45, 2.75) is 444 Å². The van der Waals surface area contributed by atoms with E-state index in [9.17, 15) is 86.6 Å². The lowest BCUT2D eigenvalue weighted by Crippen LogP contribution is -2.58. The number of carbonyl (C=O) groups excluding carboxylic acids is 16. The standard InChI is InChI=1S/C89H152N10O21/c1-15-17-19-21-23-25-27-29-31-33-35-44-73(103)98-59-39-42-71(98)84(114)95-66(51-48-63(5)102)80(110)92-65(50-47-62(4)101)79(109)91-64(49-46-61(3)100)78(108)90-58-38-37-41-70(86(116)117)97-83(113)68(53-56-76(106)119-88(9,10)11)94-81(111)67(52-55-75(105)118-87(6,7)8)93-82(112)69(54-57-77(107)120-89(12,13)14)96-85(115)72-43-40-60-99(72)74(104)45-36-34-32-30-28-26-24-22-20-18-16-2/h64-72H,15-60H2,1-14H3,(H,90,108)(H,91,109)(H,92,110)(H,93,112)(H,94,111)(H,95,114)(H,96,115)(H,97,113)(H,116,117). The van der Waals surface area contributed by atoms with E-state index in [2.05, 4.69) is 56.4 Å². The second-order valence-electron chi connectivity index (χ2n) is 35.7. The van der Waals surface area contributed by atoms with Crippen LogP contribution in [0.25, 0.3) is 0 Å². The van der Waals surface area contributed by atoms with E-state index in [0.717, 1.165) is 51.4 Å². The molecule has 31 nitrogen and oxygen atoms in total. The summed E-state index contributed by atoms with van der Waals surface area (Å²) >= 11 is 0. The van der Waals surface area contributed by atoms with Crippen LogP contribution < -0.4 is 42.5 Å². The number of nitrogens with zero attached hydrogens (tertiary/aromatic N) is 2. The van der Waals surface area contributed by atoms with Gasteiger partial charge in [0.1, 0.15) is 88.5 Å². The van der Waals surface area contributed by atoms with Gasteiger partial charge in [0.05, 0.1) is 0 Å². The molecule has 9 unspecified atom stereocenters. The number of carbonyl (C=O) groups is 17. The molecule has 2 aliphatic heterocycles. The van der Waals surface area contributed by atoms with Crippen molar-refractivity contribution >= 4 is 100 Å². The third-order valence-electron chi connectivity index (χ3n) is 20.9. The lowest BCUT2D eigenvalue weighted by atomic mass is 10.0. The maximum atomic E-state index is 14.8. The minimum absolute atomic E-state index is 0.00483. The zero-order valence-electron chi connectivity index (χ0n) is 75.2. The molecule has 2 aliphatic rings. The van der Waals surface area contributed by atoms with Gasteiger partial charge < -0.3 is 86.0 Å². The van der Waals surface area contributed by atoms with Crippen LogP contribution in [0.4, 0.5) is 0 Å². The molecule has 10 amide bonds. The monoisotopic (exact) mass is 1700 g/mol. The Labute approximate surface area is 714 Å². The van der Waals surface area contributed by atoms with Crippen molar-refractivity contribution in [3.05, 3.63) is 0 Å². The molecule has 2 fully saturated rings. The zero-order valence-corrected chi connectivity index (χ0v) is 75.2. The minimum atomic E-state index is -1.73. The van der Waals surface area contributed by atoms with Crippen LogP contribution in [0.1, 0.15) is 373 Å². The number of ketones is 3. The van der Waals surface area contributed by atoms with Crippen molar-refractivity contribution in [3.8, 4) is 0 Å². The number of carboxylic acids is 1. The highest BCUT2D eigenvalue weighted by atomic mass is 16.6. The van der Waals surface area contributed by atoms with Gasteiger partial charge in [0.2, 0.25) is 59.1 Å². The summed E-state index contributed by atoms with van der Waals surface area (Å²) in [6.07, 6.45) is 22.2. The fourth-order valence-electron chi connectivity index (χ4n) is 14.4. The molecule has 0 spiro atoms. The zero-order chi connectivity index (χ0) is 90.0. The Balaban J connectivity index is 2.38. The number of rotatable bonds is 63. The van der Waals surface area contributed by atoms with Crippen LogP contribution in [-0.2, 0) is 95.7 Å². The molecular weight excluding hydrogens is 1550 g/mol. The summed E-state index contributed by atoms with van der Waals surface area (Å²) < 4.78 is 16.6. The third kappa shape index (κ3) is 48.9. The first-order valence-corrected chi connectivity index (χ1v) is 44.9. The maximum Gasteiger partial charge on any atom is 0.326 e. The molecule has 9 atom stereocenters. The molecule has 2 heterocycles. The topological polar surface area (TPSA) is 441 Å². The normalized spacial score (nSPS) is 15.9. The Morgan fingerprint density at radius 2 is 0.575 bits per heavy atom. The Hall–Kier alpha value is -8.41. The third-order valence-corrected chi connectivity index (χ3v) is 20.9. The maximum absolute atomic E-state index is 14.8. The van der Waals surface area contributed by atoms with E-state index < -0.39 is 174 Å². The molecule has 684 valence electrons. The summed E-state index contributed by atoms with van der Waals surface area (Å²) in [6, 6.07) is -12.7. The highest BCUT2D eigenvalue weighted by molar-refractivity contribution is 5.98. The minimum Gasteiger partial charge on any atom is -0.480 e. The molecule has 0 aromatic heterocycles. The molecular formula is C89H152N10O21. The fraction of sp³-hybridized carbons (Fsp3) is 0.809. The smallest absolute Gasteiger partial charge is 0.326 e. The molecule has 0 aromatic rings. The number of nitrogens with one attached hydrogen (secondary N) is 8. The molecule has 2 rings (SSSR count). The van der Waals surface area contributed by atoms with E-state index in [-0.39, 0.29) is 119 Å². The first-order valence-electron chi connectivity index (χ1n) is 44.9. The van der Waals surface area contributed by atoms with Crippen molar-refractivity contribution in [1.82, 2.24) is 52.3 Å². The first kappa shape index (κ1) is 108. The van der Waals surface area contributed by atoms with Gasteiger partial charge in [-0.3, -0.25) is 62.3 Å². The lowest BCUT2D eigenvalue weighted by molar-refractivity contribution is -0.156. The number of unbranched alkanes of at least 4 members (excludes halogenated alkanes) is 21. The molecule has 0 aliphatic carbocycles. The van der Waals surface area contributed by atoms with E-state index in [1.165, 1.54) is 108 Å². The molecule has 120 heavy (non-hydrogen) atoms. The average Bonchev–Trinajstić information content (AvgIpc) is 1.66. The predicted octanol–water partition coefficient (Wildman–Crippen LogP) is 10.6. The largest absolute Gasteiger partial charge is 0.480 e. The van der Waals surface area contributed by atoms with Gasteiger partial charge >= 0.3 is 23.9 Å². The molecule has 0 saturated carbocycles. The molecule has 31 heteroatoms. The number of amides is 10. The van der Waals surface area contributed by atoms with Crippen LogP contribution in [0.3, 0.4) is 0 Å². The summed E-state index contributed by atoms with van der Waals surface area (Å²) in [5.41, 5.74) is -2.93. The van der Waals surface area contributed by atoms with Crippen LogP contribution in [0.15, 0.2) is 0 Å². The number of hydrogen-bond donors (Lipinski definition) is 9. The van der Waals surface area contributed by atoms with Crippen molar-refractivity contribution < 1.29 is 101 Å². The Bertz CT molecular complexity index is 3270. The van der Waals surface area contributed by atoms with E-state index >= 15 is 0 Å². The predicted molar refractivity (Wildman–Crippen MR) is 455 cm³/mol. The van der Waals surface area contributed by atoms with Crippen LogP contribution in [0.2, 0.25) is 0 Å². The molecule has 2 saturated heterocycles. The number of esters is 3. The number of hydrogen-bond acceptors (Lipinski definition) is 20. The van der Waals surface area contributed by atoms with Gasteiger partial charge in [-0.1, -0.05) is 142 Å². The fourth-order valence-corrected chi connectivity index (χ4v) is 14.4. The summed E-state index contributed by atoms with van der Waals surface area (Å²) in [6.45, 7) is 23.3. The van der Waals surface area contributed by atoms with E-state index in [0.29, 0.717) is 45.2 Å². The van der Waals surface area contributed by atoms with Crippen LogP contribution in [-0.4, -0.2) is 206 Å². The molecule has 0 aromatic carbocycles. The van der Waals surface area contributed by atoms with Crippen LogP contribution >= 0.6 is 0 Å². The second kappa shape index (κ2) is 58.6. The molecule has 0 bridgehead atoms. The van der Waals surface area contributed by atoms with E-state index in [4.69, 9.17) is 14.2 Å². The van der Waals surface area contributed by atoms with Crippen molar-refractivity contribution in [2.75, 3.05) is 19.6 Å². The molecule has 9 N–H and O–H groups in total. The highest BCUT2D eigenvalue weighted by Crippen LogP contribution is 2.25. The lowest BCUT2D eigenvalue weighted by Gasteiger charge is -2.28. The first-order chi connectivity index (χ1) is 56.5. The van der Waals surface area contributed by atoms with Crippen molar-refractivity contribution in [3.63, 3.8) is 0 Å². The number of Topliss-reactive ketones (excluding diaryl/α,β-unsaturated/α-hetero) is 3. The van der Waals surface area contributed by atoms with Gasteiger partial charge in [-0.05, 0) is 179 Å². The van der Waals surface area contributed by atoms with Crippen LogP contribution in [0, 0.1) is 0 Å². The Morgan fingerprint density at radius 3 is 0.850 bits per heavy atom. The van der Waals surface area contributed by atoms with Gasteiger partial charge in [0.25, 0.3) is 0 Å². The van der Waals surface area contributed by atoms with Crippen LogP contribution in [0.5, 0.6) is 0 Å². The van der Waals surface area contributed by atoms with Gasteiger partial charge in [-0.2, -0.15) is 0 Å². The van der Waals surface area contributed by atoms with Gasteiger partial charge in [-0.25, -0.2) is 4.79 Å². The van der Waals surface area contributed by atoms with Gasteiger partial charge in [-0.15, -0.1) is 0 Å². The Morgan fingerprint density at radius 1 is 0.317 bits per heavy atom. The summed E-state index contributed by atoms with van der Waals surface area (Å²) in [7, 11) is 0. The quantitative estimate of drug-likeness (QED) is 0.0155.